The summed E-state index contributed by atoms with van der Waals surface area (Å²) >= 11 is 1.28. The molecule has 0 bridgehead atoms. The van der Waals surface area contributed by atoms with Crippen molar-refractivity contribution < 1.29 is 13.9 Å². The van der Waals surface area contributed by atoms with Gasteiger partial charge >= 0.3 is 0 Å². The summed E-state index contributed by atoms with van der Waals surface area (Å²) in [7, 11) is 0. The van der Waals surface area contributed by atoms with Crippen LogP contribution in [0.1, 0.15) is 39.5 Å². The zero-order valence-corrected chi connectivity index (χ0v) is 15.3. The third-order valence-corrected chi connectivity index (χ3v) is 5.11. The number of nitrogens with zero attached hydrogens (tertiary/aromatic N) is 2. The molecule has 1 aromatic heterocycles. The van der Waals surface area contributed by atoms with Gasteiger partial charge in [-0.1, -0.05) is 36.7 Å². The number of hydrogen-bond donors (Lipinski definition) is 1. The second kappa shape index (κ2) is 8.38. The van der Waals surface area contributed by atoms with Crippen LogP contribution < -0.4 is 10.1 Å². The number of para-hydroxylation sites is 1. The fourth-order valence-corrected chi connectivity index (χ4v) is 3.58. The van der Waals surface area contributed by atoms with Crippen LogP contribution >= 0.6 is 11.8 Å². The second-order valence-electron chi connectivity index (χ2n) is 6.05. The maximum Gasteiger partial charge on any atom is 0.277 e. The highest BCUT2D eigenvalue weighted by Crippen LogP contribution is 2.31. The van der Waals surface area contributed by atoms with E-state index in [0.29, 0.717) is 29.5 Å². The smallest absolute Gasteiger partial charge is 0.277 e. The van der Waals surface area contributed by atoms with Crippen molar-refractivity contribution in [2.45, 2.75) is 56.0 Å². The molecule has 0 spiro atoms. The van der Waals surface area contributed by atoms with E-state index in [-0.39, 0.29) is 11.2 Å². The molecule has 1 saturated carbocycles. The molecule has 1 N–H and O–H groups in total. The van der Waals surface area contributed by atoms with E-state index in [1.165, 1.54) is 24.6 Å². The van der Waals surface area contributed by atoms with Crippen LogP contribution in [0.5, 0.6) is 5.75 Å². The summed E-state index contributed by atoms with van der Waals surface area (Å²) < 4.78 is 11.3. The van der Waals surface area contributed by atoms with Crippen LogP contribution in [0.4, 0.5) is 0 Å². The number of amides is 1. The molecule has 1 aliphatic carbocycles. The minimum Gasteiger partial charge on any atom is -0.493 e. The van der Waals surface area contributed by atoms with Gasteiger partial charge in [0.05, 0.1) is 17.4 Å². The molecule has 6 nitrogen and oxygen atoms in total. The molecule has 25 heavy (non-hydrogen) atoms. The van der Waals surface area contributed by atoms with E-state index < -0.39 is 0 Å². The standard InChI is InChI=1S/C18H23N3O3S/c1-3-23-15-11-7-6-10-14(15)17-20-21-18(24-17)25-12(2)16(22)19-13-8-4-5-9-13/h6-7,10-13H,3-5,8-9H2,1-2H3,(H,19,22). The van der Waals surface area contributed by atoms with Crippen LogP contribution in [-0.2, 0) is 4.79 Å². The fraction of sp³-hybridized carbons (Fsp3) is 0.500. The summed E-state index contributed by atoms with van der Waals surface area (Å²) in [6.07, 6.45) is 4.53. The number of hydrogen-bond acceptors (Lipinski definition) is 6. The number of nitrogens with one attached hydrogen (secondary N) is 1. The van der Waals surface area contributed by atoms with Crippen molar-refractivity contribution in [2.24, 2.45) is 0 Å². The minimum absolute atomic E-state index is 0.0198. The average Bonchev–Trinajstić information content (AvgIpc) is 3.27. The Kier molecular flexibility index (Phi) is 5.96. The third kappa shape index (κ3) is 4.54. The molecule has 0 radical (unpaired) electrons. The van der Waals surface area contributed by atoms with E-state index in [1.54, 1.807) is 0 Å². The summed E-state index contributed by atoms with van der Waals surface area (Å²) in [5.74, 6) is 1.12. The molecule has 1 heterocycles. The Hall–Kier alpha value is -2.02. The predicted molar refractivity (Wildman–Crippen MR) is 96.6 cm³/mol. The van der Waals surface area contributed by atoms with Gasteiger partial charge in [0.25, 0.3) is 11.1 Å². The Morgan fingerprint density at radius 1 is 1.36 bits per heavy atom. The summed E-state index contributed by atoms with van der Waals surface area (Å²) in [6.45, 7) is 4.34. The largest absolute Gasteiger partial charge is 0.493 e. The van der Waals surface area contributed by atoms with Gasteiger partial charge in [-0.3, -0.25) is 4.79 Å². The van der Waals surface area contributed by atoms with Crippen LogP contribution in [0.25, 0.3) is 11.5 Å². The van der Waals surface area contributed by atoms with E-state index in [4.69, 9.17) is 9.15 Å². The molecule has 0 aliphatic heterocycles. The second-order valence-corrected chi connectivity index (χ2v) is 7.34. The first-order valence-electron chi connectivity index (χ1n) is 8.70. The number of carbonyl (C=O) groups is 1. The highest BCUT2D eigenvalue weighted by Gasteiger charge is 2.23. The van der Waals surface area contributed by atoms with E-state index in [9.17, 15) is 4.79 Å². The predicted octanol–water partition coefficient (Wildman–Crippen LogP) is 3.67. The highest BCUT2D eigenvalue weighted by atomic mass is 32.2. The molecule has 1 aliphatic rings. The number of benzene rings is 1. The Bertz CT molecular complexity index is 713. The van der Waals surface area contributed by atoms with Gasteiger partial charge in [0.1, 0.15) is 5.75 Å². The van der Waals surface area contributed by atoms with Crippen molar-refractivity contribution in [3.05, 3.63) is 24.3 Å². The molecule has 1 atom stereocenters. The molecule has 1 aromatic carbocycles. The molecular formula is C18H23N3O3S. The lowest BCUT2D eigenvalue weighted by Gasteiger charge is -2.14. The first-order chi connectivity index (χ1) is 12.2. The molecule has 134 valence electrons. The van der Waals surface area contributed by atoms with Crippen LogP contribution in [-0.4, -0.2) is 34.0 Å². The third-order valence-electron chi connectivity index (χ3n) is 4.17. The Balaban J connectivity index is 1.64. The molecule has 0 saturated heterocycles. The lowest BCUT2D eigenvalue weighted by Crippen LogP contribution is -2.37. The normalized spacial score (nSPS) is 15.9. The van der Waals surface area contributed by atoms with Crippen molar-refractivity contribution in [3.63, 3.8) is 0 Å². The van der Waals surface area contributed by atoms with Gasteiger partial charge in [-0.15, -0.1) is 10.2 Å². The van der Waals surface area contributed by atoms with Crippen LogP contribution in [0, 0.1) is 0 Å². The maximum atomic E-state index is 12.3. The molecule has 2 aromatic rings. The van der Waals surface area contributed by atoms with Crippen LogP contribution in [0.3, 0.4) is 0 Å². The quantitative estimate of drug-likeness (QED) is 0.758. The zero-order chi connectivity index (χ0) is 17.6. The molecule has 7 heteroatoms. The SMILES string of the molecule is CCOc1ccccc1-c1nnc(SC(C)C(=O)NC2CCCC2)o1. The van der Waals surface area contributed by atoms with Crippen LogP contribution in [0.15, 0.2) is 33.9 Å². The number of rotatable bonds is 7. The maximum absolute atomic E-state index is 12.3. The fourth-order valence-electron chi connectivity index (χ4n) is 2.88. The summed E-state index contributed by atoms with van der Waals surface area (Å²) in [5.41, 5.74) is 0.756. The van der Waals surface area contributed by atoms with Gasteiger partial charge in [-0.2, -0.15) is 0 Å². The lowest BCUT2D eigenvalue weighted by molar-refractivity contribution is -0.120. The summed E-state index contributed by atoms with van der Waals surface area (Å²) in [4.78, 5) is 12.3. The van der Waals surface area contributed by atoms with E-state index in [2.05, 4.69) is 15.5 Å². The van der Waals surface area contributed by atoms with Gasteiger partial charge in [-0.25, -0.2) is 0 Å². The van der Waals surface area contributed by atoms with Gasteiger partial charge in [0.2, 0.25) is 5.91 Å². The van der Waals surface area contributed by atoms with Crippen molar-refractivity contribution in [1.29, 1.82) is 0 Å². The Labute approximate surface area is 151 Å². The molecule has 1 amide bonds. The Morgan fingerprint density at radius 3 is 2.88 bits per heavy atom. The highest BCUT2D eigenvalue weighted by molar-refractivity contribution is 8.00. The van der Waals surface area contributed by atoms with E-state index in [0.717, 1.165) is 18.4 Å². The van der Waals surface area contributed by atoms with Crippen LogP contribution in [0.2, 0.25) is 0 Å². The summed E-state index contributed by atoms with van der Waals surface area (Å²) in [6, 6.07) is 7.85. The number of aromatic nitrogens is 2. The van der Waals surface area contributed by atoms with E-state index >= 15 is 0 Å². The van der Waals surface area contributed by atoms with Gasteiger partial charge in [0, 0.05) is 6.04 Å². The zero-order valence-electron chi connectivity index (χ0n) is 14.5. The van der Waals surface area contributed by atoms with Crippen molar-refractivity contribution in [1.82, 2.24) is 15.5 Å². The molecule has 1 unspecified atom stereocenters. The number of thioether (sulfide) groups is 1. The molecule has 3 rings (SSSR count). The summed E-state index contributed by atoms with van der Waals surface area (Å²) in [5, 5.41) is 11.4. The Morgan fingerprint density at radius 2 is 2.12 bits per heavy atom. The lowest BCUT2D eigenvalue weighted by atomic mass is 10.2. The van der Waals surface area contributed by atoms with Gasteiger partial charge < -0.3 is 14.5 Å². The number of carbonyl (C=O) groups excluding carboxylic acids is 1. The first-order valence-corrected chi connectivity index (χ1v) is 9.58. The average molecular weight is 361 g/mol. The van der Waals surface area contributed by atoms with Gasteiger partial charge in [0.15, 0.2) is 0 Å². The molecule has 1 fully saturated rings. The van der Waals surface area contributed by atoms with Crippen molar-refractivity contribution >= 4 is 17.7 Å². The van der Waals surface area contributed by atoms with E-state index in [1.807, 2.05) is 38.1 Å². The topological polar surface area (TPSA) is 77.2 Å². The molecular weight excluding hydrogens is 338 g/mol. The number of ether oxygens (including phenoxy) is 1. The minimum atomic E-state index is -0.281. The van der Waals surface area contributed by atoms with Gasteiger partial charge in [-0.05, 0) is 38.8 Å². The van der Waals surface area contributed by atoms with Crippen molar-refractivity contribution in [3.8, 4) is 17.2 Å². The monoisotopic (exact) mass is 361 g/mol. The van der Waals surface area contributed by atoms with Crippen molar-refractivity contribution in [2.75, 3.05) is 6.61 Å². The first kappa shape index (κ1) is 17.8.